The molecule has 4 heteroatoms. The number of nitrogens with one attached hydrogen (secondary N) is 1. The molecule has 0 aromatic carbocycles. The van der Waals surface area contributed by atoms with Crippen molar-refractivity contribution in [1.29, 1.82) is 0 Å². The van der Waals surface area contributed by atoms with Crippen molar-refractivity contribution in [3.63, 3.8) is 0 Å². The van der Waals surface area contributed by atoms with Crippen molar-refractivity contribution in [2.45, 2.75) is 45.6 Å². The van der Waals surface area contributed by atoms with Crippen LogP contribution in [0.15, 0.2) is 0 Å². The predicted molar refractivity (Wildman–Crippen MR) is 71.7 cm³/mol. The second-order valence-electron chi connectivity index (χ2n) is 4.94. The third-order valence-electron chi connectivity index (χ3n) is 3.51. The summed E-state index contributed by atoms with van der Waals surface area (Å²) in [4.78, 5) is 9.28. The van der Waals surface area contributed by atoms with Crippen LogP contribution in [-0.4, -0.2) is 30.2 Å². The van der Waals surface area contributed by atoms with E-state index in [1.54, 1.807) is 0 Å². The minimum absolute atomic E-state index is 0.119. The molecule has 4 nitrogen and oxygen atoms in total. The molecule has 0 saturated carbocycles. The average molecular weight is 249 g/mol. The molecule has 1 aliphatic heterocycles. The minimum atomic E-state index is 0.119. The van der Waals surface area contributed by atoms with Gasteiger partial charge in [-0.3, -0.25) is 0 Å². The zero-order valence-corrected chi connectivity index (χ0v) is 11.6. The Hall–Kier alpha value is -1.00. The number of ether oxygens (including phenoxy) is 1. The van der Waals surface area contributed by atoms with Gasteiger partial charge in [0.25, 0.3) is 0 Å². The molecule has 0 spiro atoms. The van der Waals surface area contributed by atoms with Crippen molar-refractivity contribution >= 4 is 0 Å². The van der Waals surface area contributed by atoms with E-state index >= 15 is 0 Å². The highest BCUT2D eigenvalue weighted by Crippen LogP contribution is 2.27. The molecule has 1 unspecified atom stereocenters. The lowest BCUT2D eigenvalue weighted by Gasteiger charge is -2.14. The summed E-state index contributed by atoms with van der Waals surface area (Å²) in [6.45, 7) is 6.05. The normalized spacial score (nSPS) is 19.4. The molecule has 2 rings (SSSR count). The lowest BCUT2D eigenvalue weighted by atomic mass is 10.1. The summed E-state index contributed by atoms with van der Waals surface area (Å²) in [7, 11) is 1.98. The third kappa shape index (κ3) is 3.06. The van der Waals surface area contributed by atoms with Gasteiger partial charge in [-0.05, 0) is 58.7 Å². The van der Waals surface area contributed by atoms with Crippen LogP contribution in [0.4, 0.5) is 0 Å². The smallest absolute Gasteiger partial charge is 0.157 e. The predicted octanol–water partition coefficient (Wildman–Crippen LogP) is 2.10. The third-order valence-corrected chi connectivity index (χ3v) is 3.51. The molecule has 0 aliphatic carbocycles. The molecule has 1 aromatic heterocycles. The van der Waals surface area contributed by atoms with E-state index in [-0.39, 0.29) is 6.10 Å². The molecule has 0 bridgehead atoms. The summed E-state index contributed by atoms with van der Waals surface area (Å²) >= 11 is 0. The molecule has 1 fully saturated rings. The van der Waals surface area contributed by atoms with Crippen LogP contribution in [0.25, 0.3) is 0 Å². The number of nitrogens with zero attached hydrogens (tertiary/aromatic N) is 2. The average Bonchev–Trinajstić information content (AvgIpc) is 2.86. The second-order valence-corrected chi connectivity index (χ2v) is 4.94. The highest BCUT2D eigenvalue weighted by Gasteiger charge is 2.21. The van der Waals surface area contributed by atoms with Crippen molar-refractivity contribution in [3.8, 4) is 0 Å². The summed E-state index contributed by atoms with van der Waals surface area (Å²) in [5, 5.41) is 3.17. The van der Waals surface area contributed by atoms with Crippen molar-refractivity contribution in [3.05, 3.63) is 22.8 Å². The van der Waals surface area contributed by atoms with Crippen LogP contribution in [0.1, 0.15) is 48.1 Å². The first-order valence-corrected chi connectivity index (χ1v) is 6.82. The Bertz CT molecular complexity index is 377. The van der Waals surface area contributed by atoms with Gasteiger partial charge in [0.2, 0.25) is 0 Å². The summed E-state index contributed by atoms with van der Waals surface area (Å²) in [6.07, 6.45) is 4.47. The molecule has 0 radical (unpaired) electrons. The highest BCUT2D eigenvalue weighted by molar-refractivity contribution is 5.25. The van der Waals surface area contributed by atoms with Crippen molar-refractivity contribution < 1.29 is 4.74 Å². The quantitative estimate of drug-likeness (QED) is 0.812. The van der Waals surface area contributed by atoms with Gasteiger partial charge in [-0.1, -0.05) is 0 Å². The number of hydrogen-bond donors (Lipinski definition) is 1. The van der Waals surface area contributed by atoms with Crippen LogP contribution in [0.2, 0.25) is 0 Å². The summed E-state index contributed by atoms with van der Waals surface area (Å²) in [6, 6.07) is 0. The lowest BCUT2D eigenvalue weighted by Crippen LogP contribution is -2.12. The van der Waals surface area contributed by atoms with Crippen LogP contribution < -0.4 is 5.32 Å². The van der Waals surface area contributed by atoms with Gasteiger partial charge < -0.3 is 10.1 Å². The van der Waals surface area contributed by atoms with Gasteiger partial charge in [-0.15, -0.1) is 0 Å². The topological polar surface area (TPSA) is 47.0 Å². The van der Waals surface area contributed by atoms with Gasteiger partial charge in [0.05, 0.1) is 0 Å². The fourth-order valence-corrected chi connectivity index (χ4v) is 2.49. The van der Waals surface area contributed by atoms with Gasteiger partial charge >= 0.3 is 0 Å². The maximum absolute atomic E-state index is 5.65. The van der Waals surface area contributed by atoms with E-state index in [4.69, 9.17) is 4.74 Å². The first-order chi connectivity index (χ1) is 8.72. The summed E-state index contributed by atoms with van der Waals surface area (Å²) < 4.78 is 5.65. The number of hydrogen-bond acceptors (Lipinski definition) is 4. The molecule has 1 aliphatic rings. The zero-order valence-electron chi connectivity index (χ0n) is 11.6. The number of aromatic nitrogens is 2. The first-order valence-electron chi connectivity index (χ1n) is 6.82. The van der Waals surface area contributed by atoms with Gasteiger partial charge in [-0.25, -0.2) is 9.97 Å². The standard InChI is InChI=1S/C14H23N3O/c1-10-12(6-4-8-15-3)11(2)17-14(16-10)13-7-5-9-18-13/h13,15H,4-9H2,1-3H3. The van der Waals surface area contributed by atoms with Crippen LogP contribution >= 0.6 is 0 Å². The van der Waals surface area contributed by atoms with Crippen molar-refractivity contribution in [1.82, 2.24) is 15.3 Å². The minimum Gasteiger partial charge on any atom is -0.370 e. The molecule has 1 N–H and O–H groups in total. The van der Waals surface area contributed by atoms with E-state index in [1.807, 2.05) is 7.05 Å². The van der Waals surface area contributed by atoms with Crippen LogP contribution in [-0.2, 0) is 11.2 Å². The Morgan fingerprint density at radius 1 is 1.28 bits per heavy atom. The maximum atomic E-state index is 5.65. The molecule has 1 saturated heterocycles. The number of rotatable bonds is 5. The molecular weight excluding hydrogens is 226 g/mol. The fraction of sp³-hybridized carbons (Fsp3) is 0.714. The Balaban J connectivity index is 2.12. The SMILES string of the molecule is CNCCCc1c(C)nc(C2CCCO2)nc1C. The molecule has 1 atom stereocenters. The van der Waals surface area contributed by atoms with E-state index < -0.39 is 0 Å². The van der Waals surface area contributed by atoms with E-state index in [1.165, 1.54) is 5.56 Å². The Labute approximate surface area is 109 Å². The van der Waals surface area contributed by atoms with Crippen LogP contribution in [0, 0.1) is 13.8 Å². The van der Waals surface area contributed by atoms with Crippen LogP contribution in [0.5, 0.6) is 0 Å². The van der Waals surface area contributed by atoms with E-state index in [9.17, 15) is 0 Å². The largest absolute Gasteiger partial charge is 0.370 e. The molecule has 0 amide bonds. The van der Waals surface area contributed by atoms with E-state index in [0.717, 1.165) is 56.0 Å². The number of aryl methyl sites for hydroxylation is 2. The molecule has 1 aromatic rings. The molecule has 2 heterocycles. The van der Waals surface area contributed by atoms with E-state index in [0.29, 0.717) is 0 Å². The monoisotopic (exact) mass is 249 g/mol. The summed E-state index contributed by atoms with van der Waals surface area (Å²) in [5.74, 6) is 0.875. The first kappa shape index (κ1) is 13.4. The van der Waals surface area contributed by atoms with Crippen LogP contribution in [0.3, 0.4) is 0 Å². The van der Waals surface area contributed by atoms with Gasteiger partial charge in [0, 0.05) is 18.0 Å². The van der Waals surface area contributed by atoms with Gasteiger partial charge in [-0.2, -0.15) is 0 Å². The zero-order chi connectivity index (χ0) is 13.0. The highest BCUT2D eigenvalue weighted by atomic mass is 16.5. The summed E-state index contributed by atoms with van der Waals surface area (Å²) in [5.41, 5.74) is 3.53. The fourth-order valence-electron chi connectivity index (χ4n) is 2.49. The van der Waals surface area contributed by atoms with Gasteiger partial charge in [0.1, 0.15) is 6.10 Å². The van der Waals surface area contributed by atoms with E-state index in [2.05, 4.69) is 29.1 Å². The molecular formula is C14H23N3O. The Morgan fingerprint density at radius 2 is 2.00 bits per heavy atom. The van der Waals surface area contributed by atoms with Crippen molar-refractivity contribution in [2.75, 3.05) is 20.2 Å². The Morgan fingerprint density at radius 3 is 2.56 bits per heavy atom. The van der Waals surface area contributed by atoms with Gasteiger partial charge in [0.15, 0.2) is 5.82 Å². The maximum Gasteiger partial charge on any atom is 0.157 e. The molecule has 18 heavy (non-hydrogen) atoms. The molecule has 100 valence electrons. The van der Waals surface area contributed by atoms with Crippen molar-refractivity contribution in [2.24, 2.45) is 0 Å². The Kier molecular flexibility index (Phi) is 4.66. The second kappa shape index (κ2) is 6.25. The lowest BCUT2D eigenvalue weighted by molar-refractivity contribution is 0.104.